The fourth-order valence-electron chi connectivity index (χ4n) is 2.26. The Morgan fingerprint density at radius 2 is 1.77 bits per heavy atom. The van der Waals surface area contributed by atoms with Crippen molar-refractivity contribution >= 4 is 16.0 Å². The summed E-state index contributed by atoms with van der Waals surface area (Å²) in [5, 5.41) is 0. The molecule has 0 bridgehead atoms. The van der Waals surface area contributed by atoms with Crippen LogP contribution in [0.25, 0.3) is 0 Å². The first kappa shape index (κ1) is 20.1. The number of benzene rings is 2. The largest absolute Gasteiger partial charge is 0.457 e. The molecule has 0 fully saturated rings. The minimum Gasteiger partial charge on any atom is -0.457 e. The maximum absolute atomic E-state index is 12.3. The molecule has 0 aromatic heterocycles. The summed E-state index contributed by atoms with van der Waals surface area (Å²) < 4.78 is 30.5. The molecule has 2 rings (SSSR count). The average Bonchev–Trinajstić information content (AvgIpc) is 2.65. The van der Waals surface area contributed by atoms with Crippen LogP contribution in [0.1, 0.15) is 41.3 Å². The number of carbonyl (C=O) groups is 1. The minimum absolute atomic E-state index is 0.0439. The monoisotopic (exact) mass is 377 g/mol. The Bertz CT molecular complexity index is 860. The molecule has 6 nitrogen and oxygen atoms in total. The predicted octanol–water partition coefficient (Wildman–Crippen LogP) is 3.35. The van der Waals surface area contributed by atoms with Gasteiger partial charge in [0.15, 0.2) is 0 Å². The van der Waals surface area contributed by atoms with Crippen molar-refractivity contribution < 1.29 is 22.8 Å². The Labute approximate surface area is 154 Å². The molecular formula is C19H23NO5S. The summed E-state index contributed by atoms with van der Waals surface area (Å²) in [6.45, 7) is 4.33. The van der Waals surface area contributed by atoms with Crippen molar-refractivity contribution in [3.63, 3.8) is 0 Å². The van der Waals surface area contributed by atoms with Crippen molar-refractivity contribution in [2.24, 2.45) is 0 Å². The normalized spacial score (nSPS) is 11.8. The van der Waals surface area contributed by atoms with Crippen LogP contribution in [0.5, 0.6) is 0 Å². The number of ether oxygens (including phenoxy) is 1. The third-order valence-electron chi connectivity index (χ3n) is 3.98. The second-order valence-corrected chi connectivity index (χ2v) is 8.03. The van der Waals surface area contributed by atoms with Gasteiger partial charge in [0.1, 0.15) is 6.61 Å². The van der Waals surface area contributed by atoms with E-state index in [-0.39, 0.29) is 17.1 Å². The SMILES string of the molecule is CON(C)S(=O)(=O)c1cccc(C(=O)OCc2ccc(C(C)C)cc2)c1. The van der Waals surface area contributed by atoms with E-state index in [9.17, 15) is 13.2 Å². The summed E-state index contributed by atoms with van der Waals surface area (Å²) in [4.78, 5) is 16.9. The number of rotatable bonds is 7. The van der Waals surface area contributed by atoms with E-state index >= 15 is 0 Å². The fraction of sp³-hybridized carbons (Fsp3) is 0.316. The smallest absolute Gasteiger partial charge is 0.338 e. The third-order valence-corrected chi connectivity index (χ3v) is 5.66. The molecule has 26 heavy (non-hydrogen) atoms. The van der Waals surface area contributed by atoms with Gasteiger partial charge in [0.25, 0.3) is 10.0 Å². The number of hydrogen-bond donors (Lipinski definition) is 0. The van der Waals surface area contributed by atoms with Crippen molar-refractivity contribution in [3.8, 4) is 0 Å². The van der Waals surface area contributed by atoms with Crippen LogP contribution in [-0.2, 0) is 26.2 Å². The van der Waals surface area contributed by atoms with E-state index in [0.717, 1.165) is 10.0 Å². The van der Waals surface area contributed by atoms with Crippen LogP contribution >= 0.6 is 0 Å². The van der Waals surface area contributed by atoms with Crippen LogP contribution in [0.2, 0.25) is 0 Å². The fourth-order valence-corrected chi connectivity index (χ4v) is 3.28. The lowest BCUT2D eigenvalue weighted by molar-refractivity contribution is -0.0258. The van der Waals surface area contributed by atoms with Crippen molar-refractivity contribution in [1.29, 1.82) is 0 Å². The number of hydrogen-bond acceptors (Lipinski definition) is 5. The molecule has 0 saturated carbocycles. The molecule has 0 aliphatic carbocycles. The number of hydroxylamine groups is 1. The molecule has 0 aliphatic heterocycles. The van der Waals surface area contributed by atoms with E-state index in [1.807, 2.05) is 24.3 Å². The van der Waals surface area contributed by atoms with E-state index in [0.29, 0.717) is 5.92 Å². The molecule has 0 heterocycles. The lowest BCUT2D eigenvalue weighted by Crippen LogP contribution is -2.25. The van der Waals surface area contributed by atoms with Gasteiger partial charge in [0.2, 0.25) is 0 Å². The molecule has 0 saturated heterocycles. The van der Waals surface area contributed by atoms with Gasteiger partial charge < -0.3 is 4.74 Å². The van der Waals surface area contributed by atoms with Gasteiger partial charge in [0.05, 0.1) is 17.6 Å². The summed E-state index contributed by atoms with van der Waals surface area (Å²) in [5.74, 6) is -0.156. The van der Waals surface area contributed by atoms with Gasteiger partial charge in [-0.3, -0.25) is 4.84 Å². The highest BCUT2D eigenvalue weighted by Gasteiger charge is 2.22. The Morgan fingerprint density at radius 1 is 1.12 bits per heavy atom. The summed E-state index contributed by atoms with van der Waals surface area (Å²) in [7, 11) is -1.29. The second kappa shape index (κ2) is 8.44. The molecule has 2 aromatic rings. The van der Waals surface area contributed by atoms with Crippen molar-refractivity contribution in [1.82, 2.24) is 4.47 Å². The first-order chi connectivity index (χ1) is 12.3. The lowest BCUT2D eigenvalue weighted by Gasteiger charge is -2.14. The van der Waals surface area contributed by atoms with E-state index in [4.69, 9.17) is 9.57 Å². The summed E-state index contributed by atoms with van der Waals surface area (Å²) in [6.07, 6.45) is 0. The summed E-state index contributed by atoms with van der Waals surface area (Å²) in [6, 6.07) is 13.5. The maximum atomic E-state index is 12.3. The van der Waals surface area contributed by atoms with Gasteiger partial charge in [-0.1, -0.05) is 48.6 Å². The Kier molecular flexibility index (Phi) is 6.52. The molecule has 0 amide bonds. The van der Waals surface area contributed by atoms with E-state index < -0.39 is 16.0 Å². The van der Waals surface area contributed by atoms with Gasteiger partial charge in [0, 0.05) is 7.05 Å². The quantitative estimate of drug-likeness (QED) is 0.546. The molecule has 140 valence electrons. The number of carbonyl (C=O) groups excluding carboxylic acids is 1. The van der Waals surface area contributed by atoms with Crippen molar-refractivity contribution in [2.45, 2.75) is 31.3 Å². The van der Waals surface area contributed by atoms with Crippen LogP contribution in [0.3, 0.4) is 0 Å². The van der Waals surface area contributed by atoms with E-state index in [1.165, 1.54) is 44.0 Å². The molecule has 2 aromatic carbocycles. The van der Waals surface area contributed by atoms with Gasteiger partial charge in [-0.25, -0.2) is 13.2 Å². The van der Waals surface area contributed by atoms with Crippen LogP contribution in [0, 0.1) is 0 Å². The average molecular weight is 377 g/mol. The zero-order valence-electron chi connectivity index (χ0n) is 15.3. The van der Waals surface area contributed by atoms with Crippen LogP contribution in [-0.4, -0.2) is 33.0 Å². The van der Waals surface area contributed by atoms with Gasteiger partial charge in [-0.15, -0.1) is 0 Å². The number of esters is 1. The van der Waals surface area contributed by atoms with Crippen LogP contribution in [0.4, 0.5) is 0 Å². The molecule has 7 heteroatoms. The molecule has 0 N–H and O–H groups in total. The molecule has 0 atom stereocenters. The third kappa shape index (κ3) is 4.69. The standard InChI is InChI=1S/C19H23NO5S/c1-14(2)16-10-8-15(9-11-16)13-25-19(21)17-6-5-7-18(12-17)26(22,23)20(3)24-4/h5-12,14H,13H2,1-4H3. The van der Waals surface area contributed by atoms with Gasteiger partial charge in [-0.2, -0.15) is 0 Å². The molecule has 0 radical (unpaired) electrons. The summed E-state index contributed by atoms with van der Waals surface area (Å²) >= 11 is 0. The van der Waals surface area contributed by atoms with Crippen molar-refractivity contribution in [2.75, 3.05) is 14.2 Å². The highest BCUT2D eigenvalue weighted by atomic mass is 32.2. The zero-order valence-corrected chi connectivity index (χ0v) is 16.1. The van der Waals surface area contributed by atoms with Gasteiger partial charge >= 0.3 is 5.97 Å². The highest BCUT2D eigenvalue weighted by Crippen LogP contribution is 2.18. The highest BCUT2D eigenvalue weighted by molar-refractivity contribution is 7.89. The van der Waals surface area contributed by atoms with Crippen LogP contribution in [0.15, 0.2) is 53.4 Å². The number of sulfonamides is 1. The van der Waals surface area contributed by atoms with Crippen LogP contribution < -0.4 is 0 Å². The summed E-state index contributed by atoms with van der Waals surface area (Å²) in [5.41, 5.74) is 2.24. The van der Waals surface area contributed by atoms with Gasteiger partial charge in [-0.05, 0) is 35.2 Å². The molecule has 0 aliphatic rings. The predicted molar refractivity (Wildman–Crippen MR) is 98.1 cm³/mol. The maximum Gasteiger partial charge on any atom is 0.338 e. The minimum atomic E-state index is -3.82. The molecule has 0 unspecified atom stereocenters. The van der Waals surface area contributed by atoms with E-state index in [2.05, 4.69) is 13.8 Å². The number of nitrogens with zero attached hydrogens (tertiary/aromatic N) is 1. The molecular weight excluding hydrogens is 354 g/mol. The first-order valence-electron chi connectivity index (χ1n) is 8.14. The Balaban J connectivity index is 2.09. The Morgan fingerprint density at radius 3 is 2.35 bits per heavy atom. The van der Waals surface area contributed by atoms with Crippen molar-refractivity contribution in [3.05, 3.63) is 65.2 Å². The molecule has 0 spiro atoms. The Hall–Kier alpha value is -2.22. The zero-order chi connectivity index (χ0) is 19.3. The second-order valence-electron chi connectivity index (χ2n) is 6.10. The topological polar surface area (TPSA) is 72.9 Å². The van der Waals surface area contributed by atoms with E-state index in [1.54, 1.807) is 0 Å². The lowest BCUT2D eigenvalue weighted by atomic mass is 10.0. The first-order valence-corrected chi connectivity index (χ1v) is 9.58.